The van der Waals surface area contributed by atoms with Gasteiger partial charge >= 0.3 is 5.97 Å². The third kappa shape index (κ3) is 3.20. The van der Waals surface area contributed by atoms with E-state index in [1.54, 1.807) is 19.1 Å². The van der Waals surface area contributed by atoms with Gasteiger partial charge in [0, 0.05) is 13.0 Å². The molecule has 0 unspecified atom stereocenters. The second-order valence-electron chi connectivity index (χ2n) is 3.44. The molecule has 0 amide bonds. The Kier molecular flexibility index (Phi) is 4.25. The van der Waals surface area contributed by atoms with Gasteiger partial charge in [0.05, 0.1) is 0 Å². The van der Waals surface area contributed by atoms with Crippen molar-refractivity contribution in [2.45, 2.75) is 19.4 Å². The number of benzene rings is 1. The van der Waals surface area contributed by atoms with Crippen LogP contribution in [0.4, 0.5) is 4.48 Å². The molecule has 0 fully saturated rings. The van der Waals surface area contributed by atoms with Gasteiger partial charge in [-0.05, 0) is 24.6 Å². The predicted octanol–water partition coefficient (Wildman–Crippen LogP) is 1.59. The summed E-state index contributed by atoms with van der Waals surface area (Å²) >= 11 is 0. The van der Waals surface area contributed by atoms with Gasteiger partial charge in [-0.3, -0.25) is 4.79 Å². The highest BCUT2D eigenvalue weighted by atomic mass is 19.2. The Balaban J connectivity index is 2.75. The van der Waals surface area contributed by atoms with Crippen molar-refractivity contribution in [1.82, 2.24) is 5.12 Å². The van der Waals surface area contributed by atoms with E-state index in [0.717, 1.165) is 0 Å². The predicted molar refractivity (Wildman–Crippen MR) is 56.7 cm³/mol. The fourth-order valence-electron chi connectivity index (χ4n) is 1.38. The van der Waals surface area contributed by atoms with Crippen LogP contribution >= 0.6 is 0 Å². The fraction of sp³-hybridized carbons (Fsp3) is 0.364. The average Bonchev–Trinajstić information content (AvgIpc) is 2.27. The number of likely N-dealkylation sites (N-methyl/N-ethyl adjacent to an activating group) is 1. The van der Waals surface area contributed by atoms with E-state index in [4.69, 9.17) is 10.2 Å². The Bertz CT molecular complexity index is 353. The highest BCUT2D eigenvalue weighted by molar-refractivity contribution is 5.73. The number of phenols is 1. The molecule has 0 bridgehead atoms. The summed E-state index contributed by atoms with van der Waals surface area (Å²) in [5.41, 5.74) is 0.668. The normalized spacial score (nSPS) is 12.7. The number of rotatable bonds is 5. The van der Waals surface area contributed by atoms with E-state index in [9.17, 15) is 9.28 Å². The van der Waals surface area contributed by atoms with E-state index in [-0.39, 0.29) is 23.8 Å². The highest BCUT2D eigenvalue weighted by Crippen LogP contribution is 2.14. The molecule has 1 atom stereocenters. The lowest BCUT2D eigenvalue weighted by molar-refractivity contribution is -0.151. The lowest BCUT2D eigenvalue weighted by Gasteiger charge is -2.18. The van der Waals surface area contributed by atoms with Gasteiger partial charge in [0.1, 0.15) is 11.8 Å². The van der Waals surface area contributed by atoms with E-state index in [2.05, 4.69) is 0 Å². The molecule has 1 rings (SSSR count). The summed E-state index contributed by atoms with van der Waals surface area (Å²) in [6, 6.07) is 4.87. The minimum Gasteiger partial charge on any atom is -0.508 e. The number of carbonyl (C=O) groups is 1. The summed E-state index contributed by atoms with van der Waals surface area (Å²) < 4.78 is 13.2. The van der Waals surface area contributed by atoms with E-state index in [0.29, 0.717) is 5.56 Å². The lowest BCUT2D eigenvalue weighted by Crippen LogP contribution is -2.37. The van der Waals surface area contributed by atoms with Crippen molar-refractivity contribution in [3.63, 3.8) is 0 Å². The summed E-state index contributed by atoms with van der Waals surface area (Å²) in [6.07, 6.45) is 0.0694. The molecule has 0 spiro atoms. The molecule has 0 aliphatic rings. The minimum atomic E-state index is -1.20. The number of aliphatic carboxylic acids is 1. The molecule has 5 heteroatoms. The second-order valence-corrected chi connectivity index (χ2v) is 3.44. The molecule has 0 aliphatic heterocycles. The standard InChI is InChI=1S/C11H14FNO3/c1-2-13(12)10(11(15)16)7-8-3-5-9(14)6-4-8/h3-6,10,14H,2,7H2,1H3,(H,15,16)/t10-/m1/s1. The van der Waals surface area contributed by atoms with Crippen LogP contribution in [0.25, 0.3) is 0 Å². The molecular formula is C11H14FNO3. The molecule has 1 aromatic rings. The molecule has 0 aliphatic carbocycles. The summed E-state index contributed by atoms with van der Waals surface area (Å²) in [6.45, 7) is 1.57. The van der Waals surface area contributed by atoms with E-state index < -0.39 is 12.0 Å². The third-order valence-electron chi connectivity index (χ3n) is 2.29. The van der Waals surface area contributed by atoms with E-state index in [1.165, 1.54) is 12.1 Å². The van der Waals surface area contributed by atoms with Crippen LogP contribution in [0.2, 0.25) is 0 Å². The number of hydrogen-bond acceptors (Lipinski definition) is 3. The van der Waals surface area contributed by atoms with Crippen molar-refractivity contribution in [1.29, 1.82) is 0 Å². The molecule has 2 N–H and O–H groups in total. The zero-order valence-electron chi connectivity index (χ0n) is 8.93. The molecule has 0 aromatic heterocycles. The van der Waals surface area contributed by atoms with Crippen LogP contribution in [0.3, 0.4) is 0 Å². The summed E-state index contributed by atoms with van der Waals surface area (Å²) in [5.74, 6) is -1.10. The van der Waals surface area contributed by atoms with Crippen molar-refractivity contribution in [3.8, 4) is 5.75 Å². The van der Waals surface area contributed by atoms with Gasteiger partial charge in [0.25, 0.3) is 0 Å². The van der Waals surface area contributed by atoms with Crippen LogP contribution in [-0.2, 0) is 11.2 Å². The van der Waals surface area contributed by atoms with Crippen molar-refractivity contribution in [2.24, 2.45) is 0 Å². The van der Waals surface area contributed by atoms with E-state index >= 15 is 0 Å². The molecular weight excluding hydrogens is 213 g/mol. The fourth-order valence-corrected chi connectivity index (χ4v) is 1.38. The molecule has 88 valence electrons. The zero-order chi connectivity index (χ0) is 12.1. The smallest absolute Gasteiger partial charge is 0.323 e. The number of nitrogens with zero attached hydrogens (tertiary/aromatic N) is 1. The Labute approximate surface area is 92.9 Å². The van der Waals surface area contributed by atoms with Gasteiger partial charge < -0.3 is 10.2 Å². The number of hydrogen-bond donors (Lipinski definition) is 2. The first kappa shape index (κ1) is 12.4. The zero-order valence-corrected chi connectivity index (χ0v) is 8.93. The van der Waals surface area contributed by atoms with Gasteiger partial charge in [0.15, 0.2) is 0 Å². The van der Waals surface area contributed by atoms with Gasteiger partial charge in [-0.25, -0.2) is 0 Å². The van der Waals surface area contributed by atoms with Gasteiger partial charge in [-0.1, -0.05) is 12.1 Å². The Hall–Kier alpha value is -1.62. The SMILES string of the molecule is CCN(F)[C@H](Cc1ccc(O)cc1)C(=O)O. The maximum Gasteiger partial charge on any atom is 0.323 e. The van der Waals surface area contributed by atoms with Crippen LogP contribution < -0.4 is 0 Å². The number of carboxylic acids is 1. The quantitative estimate of drug-likeness (QED) is 0.750. The van der Waals surface area contributed by atoms with Crippen molar-refractivity contribution in [3.05, 3.63) is 29.8 Å². The molecule has 16 heavy (non-hydrogen) atoms. The first-order valence-corrected chi connectivity index (χ1v) is 4.97. The molecule has 1 aromatic carbocycles. The van der Waals surface area contributed by atoms with Crippen molar-refractivity contribution < 1.29 is 19.5 Å². The minimum absolute atomic E-state index is 0.0229. The Morgan fingerprint density at radius 1 is 1.44 bits per heavy atom. The Morgan fingerprint density at radius 2 is 2.00 bits per heavy atom. The first-order valence-electron chi connectivity index (χ1n) is 4.97. The van der Waals surface area contributed by atoms with Crippen LogP contribution in [0, 0.1) is 0 Å². The molecule has 4 nitrogen and oxygen atoms in total. The number of aromatic hydroxyl groups is 1. The number of phenolic OH excluding ortho intramolecular Hbond substituents is 1. The van der Waals surface area contributed by atoms with Crippen molar-refractivity contribution in [2.75, 3.05) is 6.54 Å². The summed E-state index contributed by atoms with van der Waals surface area (Å²) in [7, 11) is 0. The third-order valence-corrected chi connectivity index (χ3v) is 2.29. The highest BCUT2D eigenvalue weighted by Gasteiger charge is 2.24. The molecule has 0 saturated carbocycles. The maximum atomic E-state index is 13.2. The number of halogens is 1. The van der Waals surface area contributed by atoms with E-state index in [1.807, 2.05) is 0 Å². The Morgan fingerprint density at radius 3 is 2.44 bits per heavy atom. The molecule has 0 radical (unpaired) electrons. The van der Waals surface area contributed by atoms with Gasteiger partial charge in [0.2, 0.25) is 0 Å². The van der Waals surface area contributed by atoms with Gasteiger partial charge in [-0.15, -0.1) is 9.60 Å². The first-order chi connectivity index (χ1) is 7.54. The maximum absolute atomic E-state index is 13.2. The topological polar surface area (TPSA) is 60.8 Å². The van der Waals surface area contributed by atoms with Crippen LogP contribution in [0.5, 0.6) is 5.75 Å². The van der Waals surface area contributed by atoms with Crippen LogP contribution in [0.15, 0.2) is 24.3 Å². The van der Waals surface area contributed by atoms with Crippen LogP contribution in [-0.4, -0.2) is 33.9 Å². The summed E-state index contributed by atoms with van der Waals surface area (Å²) in [4.78, 5) is 10.8. The largest absolute Gasteiger partial charge is 0.508 e. The molecule has 0 saturated heterocycles. The lowest BCUT2D eigenvalue weighted by atomic mass is 10.1. The van der Waals surface area contributed by atoms with Crippen molar-refractivity contribution >= 4 is 5.97 Å². The summed E-state index contributed by atoms with van der Waals surface area (Å²) in [5, 5.41) is 18.2. The monoisotopic (exact) mass is 227 g/mol. The number of carboxylic acid groups (broad SMARTS) is 1. The van der Waals surface area contributed by atoms with Gasteiger partial charge in [-0.2, -0.15) is 0 Å². The van der Waals surface area contributed by atoms with Crippen LogP contribution in [0.1, 0.15) is 12.5 Å². The average molecular weight is 227 g/mol. The second kappa shape index (κ2) is 5.46. The molecule has 0 heterocycles.